The van der Waals surface area contributed by atoms with Crippen LogP contribution in [0, 0.1) is 0 Å². The Hall–Kier alpha value is -2.38. The van der Waals surface area contributed by atoms with Gasteiger partial charge in [-0.3, -0.25) is 9.59 Å². The molecule has 1 aliphatic heterocycles. The van der Waals surface area contributed by atoms with E-state index in [0.717, 1.165) is 70.6 Å². The third kappa shape index (κ3) is 32.9. The normalized spacial score (nSPS) is 20.4. The van der Waals surface area contributed by atoms with Gasteiger partial charge in [0.1, 0.15) is 24.4 Å². The van der Waals surface area contributed by atoms with Crippen LogP contribution in [-0.4, -0.2) is 100 Å². The maximum absolute atomic E-state index is 12.9. The van der Waals surface area contributed by atoms with Crippen LogP contribution in [0.2, 0.25) is 0 Å². The van der Waals surface area contributed by atoms with Gasteiger partial charge in [0.25, 0.3) is 0 Å². The fraction of sp³-hybridized carbons (Fsp3) is 0.808. The van der Waals surface area contributed by atoms with Crippen molar-refractivity contribution in [2.75, 3.05) is 19.8 Å². The molecular formula is C52H93NO10. The topological polar surface area (TPSA) is 175 Å². The van der Waals surface area contributed by atoms with Gasteiger partial charge >= 0.3 is 5.97 Å². The number of aliphatic hydroxyl groups is 5. The van der Waals surface area contributed by atoms with Crippen molar-refractivity contribution in [2.45, 2.75) is 249 Å². The smallest absolute Gasteiger partial charge is 0.305 e. The monoisotopic (exact) mass is 892 g/mol. The van der Waals surface area contributed by atoms with Crippen molar-refractivity contribution < 1.29 is 49.3 Å². The van der Waals surface area contributed by atoms with Crippen molar-refractivity contribution in [1.82, 2.24) is 5.32 Å². The van der Waals surface area contributed by atoms with Crippen LogP contribution in [0.1, 0.15) is 206 Å². The molecule has 1 rings (SSSR count). The van der Waals surface area contributed by atoms with Crippen LogP contribution in [0.15, 0.2) is 48.6 Å². The summed E-state index contributed by atoms with van der Waals surface area (Å²) >= 11 is 0. The van der Waals surface area contributed by atoms with E-state index in [1.54, 1.807) is 6.08 Å². The van der Waals surface area contributed by atoms with Crippen molar-refractivity contribution in [3.8, 4) is 0 Å². The summed E-state index contributed by atoms with van der Waals surface area (Å²) in [6, 6.07) is -0.870. The van der Waals surface area contributed by atoms with Gasteiger partial charge in [-0.15, -0.1) is 0 Å². The summed E-state index contributed by atoms with van der Waals surface area (Å²) in [7, 11) is 0. The Morgan fingerprint density at radius 2 is 1.10 bits per heavy atom. The quantitative estimate of drug-likeness (QED) is 0.0197. The van der Waals surface area contributed by atoms with Crippen molar-refractivity contribution in [1.29, 1.82) is 0 Å². The lowest BCUT2D eigenvalue weighted by molar-refractivity contribution is -0.302. The first kappa shape index (κ1) is 58.6. The Balaban J connectivity index is 2.25. The molecule has 1 saturated heterocycles. The Kier molecular flexibility index (Phi) is 39.3. The molecule has 0 bridgehead atoms. The van der Waals surface area contributed by atoms with Gasteiger partial charge in [-0.1, -0.05) is 178 Å². The Morgan fingerprint density at radius 1 is 0.587 bits per heavy atom. The van der Waals surface area contributed by atoms with Gasteiger partial charge in [-0.25, -0.2) is 0 Å². The first-order valence-electron chi connectivity index (χ1n) is 25.4. The van der Waals surface area contributed by atoms with E-state index in [9.17, 15) is 35.1 Å². The third-order valence-electron chi connectivity index (χ3n) is 11.7. The van der Waals surface area contributed by atoms with Crippen molar-refractivity contribution in [3.05, 3.63) is 48.6 Å². The summed E-state index contributed by atoms with van der Waals surface area (Å²) in [4.78, 5) is 24.9. The summed E-state index contributed by atoms with van der Waals surface area (Å²) in [5.74, 6) is -0.317. The van der Waals surface area contributed by atoms with Crippen LogP contribution in [0.5, 0.6) is 0 Å². The van der Waals surface area contributed by atoms with E-state index in [-0.39, 0.29) is 24.9 Å². The highest BCUT2D eigenvalue weighted by Crippen LogP contribution is 2.22. The maximum Gasteiger partial charge on any atom is 0.305 e. The molecule has 0 saturated carbocycles. The highest BCUT2D eigenvalue weighted by atomic mass is 16.7. The molecule has 0 aliphatic carbocycles. The maximum atomic E-state index is 12.9. The van der Waals surface area contributed by atoms with Gasteiger partial charge in [0.2, 0.25) is 5.91 Å². The molecule has 1 fully saturated rings. The molecule has 11 nitrogen and oxygen atoms in total. The second kappa shape index (κ2) is 42.3. The minimum Gasteiger partial charge on any atom is -0.466 e. The number of carbonyl (C=O) groups excluding carboxylic acids is 2. The SMILES string of the molecule is CCCCCCC/C=C/CC/C=C/C(O)C(COC1OC(CO)C(O)C(O)C1O)NC(=O)CC/C=C\C/C=C\CCCCCCCCOC(=O)CCCCCCCCCCCCC. The van der Waals surface area contributed by atoms with Crippen molar-refractivity contribution >= 4 is 11.9 Å². The molecule has 0 spiro atoms. The van der Waals surface area contributed by atoms with Gasteiger partial charge in [0.05, 0.1) is 32.0 Å². The minimum atomic E-state index is -1.59. The third-order valence-corrected chi connectivity index (χ3v) is 11.7. The molecule has 0 radical (unpaired) electrons. The van der Waals surface area contributed by atoms with E-state index >= 15 is 0 Å². The molecule has 1 aliphatic rings. The van der Waals surface area contributed by atoms with E-state index in [1.165, 1.54) is 103 Å². The molecule has 0 aromatic rings. The first-order valence-corrected chi connectivity index (χ1v) is 25.4. The van der Waals surface area contributed by atoms with E-state index in [0.29, 0.717) is 19.4 Å². The predicted octanol–water partition coefficient (Wildman–Crippen LogP) is 10.2. The highest BCUT2D eigenvalue weighted by Gasteiger charge is 2.44. The zero-order valence-electron chi connectivity index (χ0n) is 39.8. The lowest BCUT2D eigenvalue weighted by atomic mass is 9.99. The number of esters is 1. The van der Waals surface area contributed by atoms with Gasteiger partial charge < -0.3 is 45.1 Å². The minimum absolute atomic E-state index is 0.0418. The lowest BCUT2D eigenvalue weighted by Gasteiger charge is -2.40. The first-order chi connectivity index (χ1) is 30.7. The fourth-order valence-corrected chi connectivity index (χ4v) is 7.56. The zero-order valence-corrected chi connectivity index (χ0v) is 39.8. The Bertz CT molecular complexity index is 1190. The largest absolute Gasteiger partial charge is 0.466 e. The van der Waals surface area contributed by atoms with Crippen LogP contribution in [0.3, 0.4) is 0 Å². The number of allylic oxidation sites excluding steroid dienone is 7. The molecule has 1 amide bonds. The van der Waals surface area contributed by atoms with E-state index in [1.807, 2.05) is 18.2 Å². The van der Waals surface area contributed by atoms with Crippen LogP contribution >= 0.6 is 0 Å². The average molecular weight is 892 g/mol. The molecule has 7 unspecified atom stereocenters. The number of ether oxygens (including phenoxy) is 3. The summed E-state index contributed by atoms with van der Waals surface area (Å²) in [6.45, 7) is 4.18. The second-order valence-corrected chi connectivity index (χ2v) is 17.5. The summed E-state index contributed by atoms with van der Waals surface area (Å²) in [5, 5.41) is 54.0. The molecular weight excluding hydrogens is 799 g/mol. The number of nitrogens with one attached hydrogen (secondary N) is 1. The second-order valence-electron chi connectivity index (χ2n) is 17.5. The molecule has 0 aromatic carbocycles. The Labute approximate surface area is 383 Å². The summed E-state index contributed by atoms with van der Waals surface area (Å²) < 4.78 is 16.6. The number of rotatable bonds is 42. The molecule has 63 heavy (non-hydrogen) atoms. The zero-order chi connectivity index (χ0) is 46.0. The van der Waals surface area contributed by atoms with Crippen molar-refractivity contribution in [3.63, 3.8) is 0 Å². The van der Waals surface area contributed by atoms with E-state index in [4.69, 9.17) is 14.2 Å². The van der Waals surface area contributed by atoms with Crippen molar-refractivity contribution in [2.24, 2.45) is 0 Å². The number of carbonyl (C=O) groups is 2. The van der Waals surface area contributed by atoms with E-state index < -0.39 is 49.5 Å². The fourth-order valence-electron chi connectivity index (χ4n) is 7.56. The number of aliphatic hydroxyl groups excluding tert-OH is 5. The van der Waals surface area contributed by atoms with Crippen LogP contribution in [0.4, 0.5) is 0 Å². The number of hydrogen-bond donors (Lipinski definition) is 6. The molecule has 7 atom stereocenters. The molecule has 366 valence electrons. The van der Waals surface area contributed by atoms with Gasteiger partial charge in [0.15, 0.2) is 6.29 Å². The standard InChI is InChI=1S/C52H93NO10/c1-3-5-7-9-11-13-18-22-26-30-34-38-45(55)44(43-62-52-51(60)50(59)49(58)46(42-54)63-52)53-47(56)39-35-31-27-23-20-16-15-17-21-25-29-33-37-41-61-48(57)40-36-32-28-24-19-14-12-10-8-6-4-2/h16,18,20,22,27,31,34,38,44-46,49-52,54-55,58-60H,3-15,17,19,21,23-26,28-30,32-33,35-37,39-43H2,1-2H3,(H,53,56)/b20-16-,22-18+,31-27-,38-34+. The number of hydrogen-bond acceptors (Lipinski definition) is 10. The highest BCUT2D eigenvalue weighted by molar-refractivity contribution is 5.76. The van der Waals surface area contributed by atoms with Gasteiger partial charge in [-0.2, -0.15) is 0 Å². The van der Waals surface area contributed by atoms with E-state index in [2.05, 4.69) is 43.5 Å². The lowest BCUT2D eigenvalue weighted by Crippen LogP contribution is -2.60. The average Bonchev–Trinajstić information content (AvgIpc) is 3.28. The number of amides is 1. The number of unbranched alkanes of at least 4 members (excludes halogenated alkanes) is 22. The molecule has 1 heterocycles. The van der Waals surface area contributed by atoms with Crippen LogP contribution < -0.4 is 5.32 Å². The molecule has 0 aromatic heterocycles. The van der Waals surface area contributed by atoms with Gasteiger partial charge in [0, 0.05) is 12.8 Å². The Morgan fingerprint density at radius 3 is 1.70 bits per heavy atom. The molecule has 11 heteroatoms. The van der Waals surface area contributed by atoms with Gasteiger partial charge in [-0.05, 0) is 64.2 Å². The van der Waals surface area contributed by atoms with Crippen LogP contribution in [0.25, 0.3) is 0 Å². The predicted molar refractivity (Wildman–Crippen MR) is 255 cm³/mol. The summed E-state index contributed by atoms with van der Waals surface area (Å²) in [6.07, 6.45) is 40.6. The summed E-state index contributed by atoms with van der Waals surface area (Å²) in [5.41, 5.74) is 0. The van der Waals surface area contributed by atoms with Crippen LogP contribution in [-0.2, 0) is 23.8 Å². The molecule has 6 N–H and O–H groups in total.